The molecule has 6 heteroatoms. The largest absolute Gasteiger partial charge is 0.312 e. The summed E-state index contributed by atoms with van der Waals surface area (Å²) in [6.07, 6.45) is 0.648. The second kappa shape index (κ2) is 6.90. The van der Waals surface area contributed by atoms with E-state index in [1.54, 1.807) is 12.1 Å². The van der Waals surface area contributed by atoms with Gasteiger partial charge in [-0.25, -0.2) is 8.78 Å². The van der Waals surface area contributed by atoms with E-state index in [4.69, 9.17) is 0 Å². The summed E-state index contributed by atoms with van der Waals surface area (Å²) >= 11 is 0. The van der Waals surface area contributed by atoms with Crippen LogP contribution in [0.3, 0.4) is 0 Å². The van der Waals surface area contributed by atoms with Gasteiger partial charge in [-0.15, -0.1) is 0 Å². The SMILES string of the molecule is O=[N+]([O-])c1ccc(CCNCc2cc(F)ccc2F)cc1. The average molecular weight is 292 g/mol. The maximum atomic E-state index is 13.4. The maximum absolute atomic E-state index is 13.4. The smallest absolute Gasteiger partial charge is 0.269 e. The van der Waals surface area contributed by atoms with E-state index in [-0.39, 0.29) is 17.8 Å². The number of hydrogen-bond donors (Lipinski definition) is 1. The van der Waals surface area contributed by atoms with E-state index in [1.165, 1.54) is 12.1 Å². The highest BCUT2D eigenvalue weighted by molar-refractivity contribution is 5.32. The molecule has 2 rings (SSSR count). The van der Waals surface area contributed by atoms with Gasteiger partial charge in [-0.1, -0.05) is 12.1 Å². The number of halogens is 2. The van der Waals surface area contributed by atoms with Crippen molar-refractivity contribution in [1.29, 1.82) is 0 Å². The summed E-state index contributed by atoms with van der Waals surface area (Å²) in [7, 11) is 0. The van der Waals surface area contributed by atoms with Crippen molar-refractivity contribution in [3.63, 3.8) is 0 Å². The van der Waals surface area contributed by atoms with Crippen LogP contribution < -0.4 is 5.32 Å². The summed E-state index contributed by atoms with van der Waals surface area (Å²) in [5.41, 5.74) is 1.26. The molecule has 0 saturated carbocycles. The highest BCUT2D eigenvalue weighted by Crippen LogP contribution is 2.12. The third kappa shape index (κ3) is 4.32. The first-order valence-electron chi connectivity index (χ1n) is 6.44. The Balaban J connectivity index is 1.81. The van der Waals surface area contributed by atoms with Crippen molar-refractivity contribution in [2.75, 3.05) is 6.54 Å². The lowest BCUT2D eigenvalue weighted by Crippen LogP contribution is -2.17. The Morgan fingerprint density at radius 1 is 1.10 bits per heavy atom. The molecule has 0 radical (unpaired) electrons. The number of non-ortho nitro benzene ring substituents is 1. The Labute approximate surface area is 120 Å². The number of nitrogens with zero attached hydrogens (tertiary/aromatic N) is 1. The minimum Gasteiger partial charge on any atom is -0.312 e. The van der Waals surface area contributed by atoms with E-state index in [1.807, 2.05) is 0 Å². The van der Waals surface area contributed by atoms with Crippen LogP contribution in [-0.4, -0.2) is 11.5 Å². The highest BCUT2D eigenvalue weighted by atomic mass is 19.1. The molecule has 0 fully saturated rings. The number of benzene rings is 2. The molecule has 0 amide bonds. The molecule has 0 aliphatic carbocycles. The molecule has 1 N–H and O–H groups in total. The van der Waals surface area contributed by atoms with Crippen LogP contribution in [0.4, 0.5) is 14.5 Å². The zero-order valence-electron chi connectivity index (χ0n) is 11.2. The Hall–Kier alpha value is -2.34. The number of rotatable bonds is 6. The van der Waals surface area contributed by atoms with Gasteiger partial charge in [0.15, 0.2) is 0 Å². The van der Waals surface area contributed by atoms with Crippen molar-refractivity contribution in [2.45, 2.75) is 13.0 Å². The van der Waals surface area contributed by atoms with Crippen LogP contribution in [0, 0.1) is 21.7 Å². The van der Waals surface area contributed by atoms with Gasteiger partial charge in [-0.05, 0) is 36.7 Å². The zero-order valence-corrected chi connectivity index (χ0v) is 11.2. The number of nitrogens with one attached hydrogen (secondary N) is 1. The predicted octanol–water partition coefficient (Wildman–Crippen LogP) is 3.21. The molecule has 4 nitrogen and oxygen atoms in total. The van der Waals surface area contributed by atoms with Gasteiger partial charge >= 0.3 is 0 Å². The molecule has 2 aromatic carbocycles. The molecule has 110 valence electrons. The zero-order chi connectivity index (χ0) is 15.2. The van der Waals surface area contributed by atoms with Crippen molar-refractivity contribution in [2.24, 2.45) is 0 Å². The second-order valence-corrected chi connectivity index (χ2v) is 4.59. The van der Waals surface area contributed by atoms with Gasteiger partial charge in [0, 0.05) is 24.2 Å². The lowest BCUT2D eigenvalue weighted by Gasteiger charge is -2.06. The van der Waals surface area contributed by atoms with Gasteiger partial charge in [0.25, 0.3) is 5.69 Å². The fourth-order valence-electron chi connectivity index (χ4n) is 1.92. The number of nitro groups is 1. The summed E-state index contributed by atoms with van der Waals surface area (Å²) < 4.78 is 26.3. The van der Waals surface area contributed by atoms with Gasteiger partial charge in [0.2, 0.25) is 0 Å². The molecule has 2 aromatic rings. The molecule has 0 saturated heterocycles. The summed E-state index contributed by atoms with van der Waals surface area (Å²) in [6.45, 7) is 0.796. The Morgan fingerprint density at radius 3 is 2.48 bits per heavy atom. The molecule has 0 atom stereocenters. The summed E-state index contributed by atoms with van der Waals surface area (Å²) in [4.78, 5) is 10.1. The fraction of sp³-hybridized carbons (Fsp3) is 0.200. The van der Waals surface area contributed by atoms with Gasteiger partial charge in [-0.3, -0.25) is 10.1 Å². The van der Waals surface area contributed by atoms with Crippen LogP contribution in [0.5, 0.6) is 0 Å². The molecule has 0 aliphatic rings. The highest BCUT2D eigenvalue weighted by Gasteiger charge is 2.05. The molecule has 0 heterocycles. The van der Waals surface area contributed by atoms with Crippen molar-refractivity contribution in [3.8, 4) is 0 Å². The van der Waals surface area contributed by atoms with Crippen LogP contribution >= 0.6 is 0 Å². The fourth-order valence-corrected chi connectivity index (χ4v) is 1.92. The van der Waals surface area contributed by atoms with E-state index in [0.717, 1.165) is 23.8 Å². The van der Waals surface area contributed by atoms with Crippen molar-refractivity contribution >= 4 is 5.69 Å². The summed E-state index contributed by atoms with van der Waals surface area (Å²) in [5, 5.41) is 13.5. The summed E-state index contributed by atoms with van der Waals surface area (Å²) in [6, 6.07) is 9.60. The maximum Gasteiger partial charge on any atom is 0.269 e. The van der Waals surface area contributed by atoms with Crippen LogP contribution in [0.2, 0.25) is 0 Å². The summed E-state index contributed by atoms with van der Waals surface area (Å²) in [5.74, 6) is -0.914. The van der Waals surface area contributed by atoms with E-state index in [2.05, 4.69) is 5.32 Å². The third-order valence-corrected chi connectivity index (χ3v) is 3.06. The first kappa shape index (κ1) is 15.1. The van der Waals surface area contributed by atoms with Gasteiger partial charge in [0.05, 0.1) is 4.92 Å². The van der Waals surface area contributed by atoms with Crippen LogP contribution in [0.15, 0.2) is 42.5 Å². The lowest BCUT2D eigenvalue weighted by atomic mass is 10.1. The molecule has 0 unspecified atom stereocenters. The second-order valence-electron chi connectivity index (χ2n) is 4.59. The minimum atomic E-state index is -0.469. The first-order chi connectivity index (χ1) is 10.1. The topological polar surface area (TPSA) is 55.2 Å². The van der Waals surface area contributed by atoms with Crippen LogP contribution in [0.1, 0.15) is 11.1 Å². The van der Waals surface area contributed by atoms with Crippen molar-refractivity contribution in [3.05, 3.63) is 75.3 Å². The van der Waals surface area contributed by atoms with Crippen molar-refractivity contribution in [1.82, 2.24) is 5.32 Å². The van der Waals surface area contributed by atoms with Gasteiger partial charge < -0.3 is 5.32 Å². The van der Waals surface area contributed by atoms with Gasteiger partial charge in [-0.2, -0.15) is 0 Å². The molecular weight excluding hydrogens is 278 g/mol. The standard InChI is InChI=1S/C15H14F2N2O2/c16-13-3-6-15(17)12(9-13)10-18-8-7-11-1-4-14(5-2-11)19(20)21/h1-6,9,18H,7-8,10H2. The van der Waals surface area contributed by atoms with E-state index in [0.29, 0.717) is 13.0 Å². The molecular formula is C15H14F2N2O2. The molecule has 0 aliphatic heterocycles. The Kier molecular flexibility index (Phi) is 4.94. The first-order valence-corrected chi connectivity index (χ1v) is 6.44. The number of nitro benzene ring substituents is 1. The van der Waals surface area contributed by atoms with E-state index in [9.17, 15) is 18.9 Å². The molecule has 0 spiro atoms. The monoisotopic (exact) mass is 292 g/mol. The average Bonchev–Trinajstić information content (AvgIpc) is 2.47. The minimum absolute atomic E-state index is 0.0496. The molecule has 0 bridgehead atoms. The number of hydrogen-bond acceptors (Lipinski definition) is 3. The molecule has 0 aromatic heterocycles. The van der Waals surface area contributed by atoms with E-state index < -0.39 is 16.6 Å². The molecule has 21 heavy (non-hydrogen) atoms. The Morgan fingerprint density at radius 2 is 1.81 bits per heavy atom. The van der Waals surface area contributed by atoms with Crippen molar-refractivity contribution < 1.29 is 13.7 Å². The quantitative estimate of drug-likeness (QED) is 0.505. The lowest BCUT2D eigenvalue weighted by molar-refractivity contribution is -0.384. The predicted molar refractivity (Wildman–Crippen MR) is 74.9 cm³/mol. The normalized spacial score (nSPS) is 10.6. The third-order valence-electron chi connectivity index (χ3n) is 3.06. The van der Waals surface area contributed by atoms with Crippen LogP contribution in [-0.2, 0) is 13.0 Å². The van der Waals surface area contributed by atoms with Gasteiger partial charge in [0.1, 0.15) is 11.6 Å². The Bertz CT molecular complexity index is 630. The van der Waals surface area contributed by atoms with Crippen LogP contribution in [0.25, 0.3) is 0 Å². The van der Waals surface area contributed by atoms with E-state index >= 15 is 0 Å².